The van der Waals surface area contributed by atoms with E-state index in [-0.39, 0.29) is 11.7 Å². The number of rotatable bonds is 4. The fourth-order valence-corrected chi connectivity index (χ4v) is 3.21. The second kappa shape index (κ2) is 5.99. The molecule has 0 aliphatic carbocycles. The third kappa shape index (κ3) is 3.10. The first-order chi connectivity index (χ1) is 8.70. The number of hydrazine groups is 1. The number of hydrogen-bond acceptors (Lipinski definition) is 4. The Labute approximate surface area is 112 Å². The summed E-state index contributed by atoms with van der Waals surface area (Å²) in [5.74, 6) is 5.24. The van der Waals surface area contributed by atoms with E-state index in [0.717, 1.165) is 10.5 Å². The number of hydrogen-bond donors (Lipinski definition) is 2. The van der Waals surface area contributed by atoms with E-state index in [1.165, 1.54) is 23.5 Å². The summed E-state index contributed by atoms with van der Waals surface area (Å²) in [7, 11) is 0. The largest absolute Gasteiger partial charge is 0.289 e. The van der Waals surface area contributed by atoms with Gasteiger partial charge < -0.3 is 0 Å². The minimum absolute atomic E-state index is 0.252. The van der Waals surface area contributed by atoms with Crippen LogP contribution in [-0.4, -0.2) is 5.91 Å². The van der Waals surface area contributed by atoms with Gasteiger partial charge in [0.1, 0.15) is 5.82 Å². The zero-order valence-electron chi connectivity index (χ0n) is 9.35. The number of nitrogens with one attached hydrogen (secondary N) is 1. The Morgan fingerprint density at radius 3 is 2.72 bits per heavy atom. The van der Waals surface area contributed by atoms with Crippen LogP contribution in [0.4, 0.5) is 4.39 Å². The van der Waals surface area contributed by atoms with Crippen LogP contribution in [0.25, 0.3) is 0 Å². The summed E-state index contributed by atoms with van der Waals surface area (Å²) < 4.78 is 12.7. The summed E-state index contributed by atoms with van der Waals surface area (Å²) in [6.07, 6.45) is 0. The Balaban J connectivity index is 2.04. The van der Waals surface area contributed by atoms with E-state index in [0.29, 0.717) is 10.6 Å². The van der Waals surface area contributed by atoms with Gasteiger partial charge in [-0.2, -0.15) is 0 Å². The highest BCUT2D eigenvalue weighted by molar-refractivity contribution is 7.98. The Morgan fingerprint density at radius 1 is 1.33 bits per heavy atom. The quantitative estimate of drug-likeness (QED) is 0.392. The molecule has 1 aromatic heterocycles. The van der Waals surface area contributed by atoms with Gasteiger partial charge in [0.05, 0.1) is 4.88 Å². The molecule has 0 radical (unpaired) electrons. The van der Waals surface area contributed by atoms with Gasteiger partial charge in [-0.3, -0.25) is 10.2 Å². The van der Waals surface area contributed by atoms with Gasteiger partial charge in [0.25, 0.3) is 5.91 Å². The number of benzene rings is 1. The summed E-state index contributed by atoms with van der Waals surface area (Å²) in [5.41, 5.74) is 3.05. The first-order valence-corrected chi connectivity index (χ1v) is 7.03. The minimum Gasteiger partial charge on any atom is -0.289 e. The molecule has 1 heterocycles. The van der Waals surface area contributed by atoms with Crippen LogP contribution >= 0.6 is 23.1 Å². The molecular weight excluding hydrogens is 271 g/mol. The van der Waals surface area contributed by atoms with Gasteiger partial charge in [0, 0.05) is 10.6 Å². The third-order valence-corrected chi connectivity index (χ3v) is 4.31. The molecule has 2 aromatic rings. The molecule has 0 atom stereocenters. The van der Waals surface area contributed by atoms with Crippen LogP contribution in [0.1, 0.15) is 15.2 Å². The molecule has 2 rings (SSSR count). The number of carbonyl (C=O) groups is 1. The van der Waals surface area contributed by atoms with Crippen molar-refractivity contribution in [3.05, 3.63) is 52.0 Å². The smallest absolute Gasteiger partial charge is 0.275 e. The minimum atomic E-state index is -0.278. The fraction of sp³-hybridized carbons (Fsp3) is 0.0833. The predicted molar refractivity (Wildman–Crippen MR) is 71.9 cm³/mol. The van der Waals surface area contributed by atoms with E-state index in [2.05, 4.69) is 5.43 Å². The van der Waals surface area contributed by atoms with Gasteiger partial charge >= 0.3 is 0 Å². The predicted octanol–water partition coefficient (Wildman–Crippen LogP) is 2.78. The van der Waals surface area contributed by atoms with Crippen molar-refractivity contribution in [1.82, 2.24) is 5.43 Å². The van der Waals surface area contributed by atoms with Crippen molar-refractivity contribution in [2.45, 2.75) is 10.6 Å². The average molecular weight is 282 g/mol. The van der Waals surface area contributed by atoms with Crippen LogP contribution < -0.4 is 11.3 Å². The van der Waals surface area contributed by atoms with Crippen molar-refractivity contribution >= 4 is 29.0 Å². The lowest BCUT2D eigenvalue weighted by atomic mass is 10.3. The number of amides is 1. The molecule has 3 N–H and O–H groups in total. The van der Waals surface area contributed by atoms with E-state index in [1.807, 2.05) is 11.4 Å². The van der Waals surface area contributed by atoms with Crippen LogP contribution in [0.15, 0.2) is 40.6 Å². The molecule has 6 heteroatoms. The molecule has 94 valence electrons. The Hall–Kier alpha value is -1.37. The van der Waals surface area contributed by atoms with Gasteiger partial charge in [-0.05, 0) is 41.3 Å². The van der Waals surface area contributed by atoms with Crippen molar-refractivity contribution in [2.24, 2.45) is 5.84 Å². The van der Waals surface area contributed by atoms with E-state index < -0.39 is 0 Å². The van der Waals surface area contributed by atoms with E-state index in [1.54, 1.807) is 23.9 Å². The Morgan fingerprint density at radius 2 is 2.06 bits per heavy atom. The van der Waals surface area contributed by atoms with Crippen molar-refractivity contribution in [3.8, 4) is 0 Å². The summed E-state index contributed by atoms with van der Waals surface area (Å²) in [4.78, 5) is 13.0. The third-order valence-electron chi connectivity index (χ3n) is 2.29. The molecule has 0 saturated heterocycles. The molecule has 0 aliphatic heterocycles. The van der Waals surface area contributed by atoms with Crippen molar-refractivity contribution < 1.29 is 9.18 Å². The average Bonchev–Trinajstić information content (AvgIpc) is 2.85. The lowest BCUT2D eigenvalue weighted by Gasteiger charge is -2.03. The summed E-state index contributed by atoms with van der Waals surface area (Å²) in [6.45, 7) is 0. The highest BCUT2D eigenvalue weighted by Crippen LogP contribution is 2.27. The molecule has 0 fully saturated rings. The van der Waals surface area contributed by atoms with Gasteiger partial charge in [-0.15, -0.1) is 23.1 Å². The second-order valence-electron chi connectivity index (χ2n) is 3.49. The van der Waals surface area contributed by atoms with E-state index >= 15 is 0 Å². The van der Waals surface area contributed by atoms with E-state index in [4.69, 9.17) is 5.84 Å². The maximum absolute atomic E-state index is 12.7. The first kappa shape index (κ1) is 13.1. The molecule has 0 aliphatic rings. The number of carbonyl (C=O) groups excluding carboxylic acids is 1. The monoisotopic (exact) mass is 282 g/mol. The topological polar surface area (TPSA) is 55.1 Å². The molecule has 3 nitrogen and oxygen atoms in total. The van der Waals surface area contributed by atoms with Crippen LogP contribution in [-0.2, 0) is 5.75 Å². The number of nitrogen functional groups attached to an aromatic ring is 1. The standard InChI is InChI=1S/C12H11FN2OS2/c13-9-1-3-10(4-2-9)18-7-8-5-6-17-11(8)12(16)15-14/h1-6H,7,14H2,(H,15,16). The van der Waals surface area contributed by atoms with Crippen molar-refractivity contribution in [1.29, 1.82) is 0 Å². The van der Waals surface area contributed by atoms with Gasteiger partial charge in [0.2, 0.25) is 0 Å². The Kier molecular flexibility index (Phi) is 4.35. The molecule has 0 unspecified atom stereocenters. The van der Waals surface area contributed by atoms with Crippen LogP contribution in [0.2, 0.25) is 0 Å². The molecule has 0 saturated carbocycles. The molecule has 0 bridgehead atoms. The van der Waals surface area contributed by atoms with Gasteiger partial charge in [-0.1, -0.05) is 0 Å². The molecule has 1 aromatic carbocycles. The van der Waals surface area contributed by atoms with Crippen LogP contribution in [0.5, 0.6) is 0 Å². The lowest BCUT2D eigenvalue weighted by Crippen LogP contribution is -2.29. The highest BCUT2D eigenvalue weighted by Gasteiger charge is 2.11. The number of nitrogens with two attached hydrogens (primary N) is 1. The van der Waals surface area contributed by atoms with Gasteiger partial charge in [-0.25, -0.2) is 10.2 Å². The molecule has 18 heavy (non-hydrogen) atoms. The lowest BCUT2D eigenvalue weighted by molar-refractivity contribution is 0.0957. The summed E-state index contributed by atoms with van der Waals surface area (Å²) in [5, 5.41) is 1.85. The summed E-state index contributed by atoms with van der Waals surface area (Å²) in [6, 6.07) is 8.17. The van der Waals surface area contributed by atoms with Crippen molar-refractivity contribution in [2.75, 3.05) is 0 Å². The number of thioether (sulfide) groups is 1. The molecular formula is C12H11FN2OS2. The number of thiophene rings is 1. The van der Waals surface area contributed by atoms with Crippen LogP contribution in [0.3, 0.4) is 0 Å². The second-order valence-corrected chi connectivity index (χ2v) is 5.46. The zero-order valence-corrected chi connectivity index (χ0v) is 11.0. The fourth-order valence-electron chi connectivity index (χ4n) is 1.41. The highest BCUT2D eigenvalue weighted by atomic mass is 32.2. The maximum atomic E-state index is 12.7. The van der Waals surface area contributed by atoms with Crippen LogP contribution in [0, 0.1) is 5.82 Å². The zero-order chi connectivity index (χ0) is 13.0. The normalized spacial score (nSPS) is 10.3. The van der Waals surface area contributed by atoms with Gasteiger partial charge in [0.15, 0.2) is 0 Å². The first-order valence-electron chi connectivity index (χ1n) is 5.16. The maximum Gasteiger partial charge on any atom is 0.275 e. The molecule has 1 amide bonds. The molecule has 0 spiro atoms. The number of halogens is 1. The SMILES string of the molecule is NNC(=O)c1sccc1CSc1ccc(F)cc1. The van der Waals surface area contributed by atoms with Crippen molar-refractivity contribution in [3.63, 3.8) is 0 Å². The summed E-state index contributed by atoms with van der Waals surface area (Å²) >= 11 is 2.90. The van der Waals surface area contributed by atoms with E-state index in [9.17, 15) is 9.18 Å². The Bertz CT molecular complexity index is 539.